The molecule has 0 unspecified atom stereocenters. The largest absolute Gasteiger partial charge is 0.489 e. The molecule has 0 bridgehead atoms. The molecular formula is C21H14F2N4O4. The van der Waals surface area contributed by atoms with Crippen LogP contribution in [-0.2, 0) is 6.61 Å². The second-order valence-electron chi connectivity index (χ2n) is 6.61. The zero-order valence-corrected chi connectivity index (χ0v) is 15.8. The maximum atomic E-state index is 13.3. The standard InChI is InChI=1S/C21H14F2N4O4/c22-14-6-12(7-15(23)9-14)11-31-17-4-5-19-18(10-17)20(26-25-19)24-21(28)13-2-1-3-16(8-13)27(29)30/h1-10H,11H2,(H2,24,25,26,28). The summed E-state index contributed by atoms with van der Waals surface area (Å²) >= 11 is 0. The Morgan fingerprint density at radius 2 is 1.87 bits per heavy atom. The van der Waals surface area contributed by atoms with E-state index in [0.717, 1.165) is 12.1 Å². The van der Waals surface area contributed by atoms with Crippen LogP contribution in [0.4, 0.5) is 20.3 Å². The lowest BCUT2D eigenvalue weighted by atomic mass is 10.2. The van der Waals surface area contributed by atoms with Gasteiger partial charge < -0.3 is 10.1 Å². The number of hydrogen-bond acceptors (Lipinski definition) is 5. The van der Waals surface area contributed by atoms with Crippen molar-refractivity contribution in [2.45, 2.75) is 6.61 Å². The van der Waals surface area contributed by atoms with E-state index in [0.29, 0.717) is 22.2 Å². The fourth-order valence-electron chi connectivity index (χ4n) is 2.98. The van der Waals surface area contributed by atoms with Crippen molar-refractivity contribution in [2.75, 3.05) is 5.32 Å². The Hall–Kier alpha value is -4.34. The molecule has 0 atom stereocenters. The summed E-state index contributed by atoms with van der Waals surface area (Å²) < 4.78 is 32.2. The molecule has 1 aromatic heterocycles. The number of anilines is 1. The first-order chi connectivity index (χ1) is 14.9. The van der Waals surface area contributed by atoms with Crippen LogP contribution in [0, 0.1) is 21.7 Å². The van der Waals surface area contributed by atoms with Crippen molar-refractivity contribution in [1.29, 1.82) is 0 Å². The molecule has 1 amide bonds. The number of benzene rings is 3. The lowest BCUT2D eigenvalue weighted by Crippen LogP contribution is -2.12. The molecule has 0 spiro atoms. The molecule has 0 aliphatic carbocycles. The highest BCUT2D eigenvalue weighted by Crippen LogP contribution is 2.26. The van der Waals surface area contributed by atoms with Crippen LogP contribution in [0.1, 0.15) is 15.9 Å². The Morgan fingerprint density at radius 3 is 2.61 bits per heavy atom. The molecule has 156 valence electrons. The number of ether oxygens (including phenoxy) is 1. The van der Waals surface area contributed by atoms with Crippen molar-refractivity contribution in [3.8, 4) is 5.75 Å². The van der Waals surface area contributed by atoms with Gasteiger partial charge in [-0.1, -0.05) is 6.07 Å². The number of carbonyl (C=O) groups is 1. The van der Waals surface area contributed by atoms with Gasteiger partial charge in [-0.3, -0.25) is 20.0 Å². The van der Waals surface area contributed by atoms with Gasteiger partial charge >= 0.3 is 0 Å². The predicted molar refractivity (Wildman–Crippen MR) is 108 cm³/mol. The summed E-state index contributed by atoms with van der Waals surface area (Å²) in [5.41, 5.74) is 0.831. The number of rotatable bonds is 6. The van der Waals surface area contributed by atoms with Gasteiger partial charge in [-0.25, -0.2) is 8.78 Å². The van der Waals surface area contributed by atoms with Gasteiger partial charge in [-0.2, -0.15) is 5.10 Å². The number of aromatic nitrogens is 2. The Balaban J connectivity index is 1.53. The molecule has 10 heteroatoms. The monoisotopic (exact) mass is 424 g/mol. The second kappa shape index (κ2) is 8.19. The van der Waals surface area contributed by atoms with E-state index in [4.69, 9.17) is 4.74 Å². The van der Waals surface area contributed by atoms with Gasteiger partial charge in [0.1, 0.15) is 24.0 Å². The molecule has 0 radical (unpaired) electrons. The van der Waals surface area contributed by atoms with E-state index in [9.17, 15) is 23.7 Å². The number of nitro benzene ring substituents is 1. The molecule has 3 aromatic carbocycles. The quantitative estimate of drug-likeness (QED) is 0.348. The number of hydrogen-bond donors (Lipinski definition) is 2. The molecule has 31 heavy (non-hydrogen) atoms. The Morgan fingerprint density at radius 1 is 1.10 bits per heavy atom. The summed E-state index contributed by atoms with van der Waals surface area (Å²) in [6.45, 7) is -0.0621. The molecule has 8 nitrogen and oxygen atoms in total. The molecule has 0 saturated heterocycles. The zero-order chi connectivity index (χ0) is 22.0. The minimum Gasteiger partial charge on any atom is -0.489 e. The zero-order valence-electron chi connectivity index (χ0n) is 15.8. The van der Waals surface area contributed by atoms with Crippen molar-refractivity contribution in [3.63, 3.8) is 0 Å². The molecular weight excluding hydrogens is 410 g/mol. The molecule has 0 fully saturated rings. The van der Waals surface area contributed by atoms with Gasteiger partial charge in [0.25, 0.3) is 11.6 Å². The molecule has 1 heterocycles. The highest BCUT2D eigenvalue weighted by atomic mass is 19.1. The van der Waals surface area contributed by atoms with Gasteiger partial charge in [0.15, 0.2) is 5.82 Å². The number of carbonyl (C=O) groups excluding carboxylic acids is 1. The molecule has 0 aliphatic heterocycles. The molecule has 2 N–H and O–H groups in total. The first-order valence-electron chi connectivity index (χ1n) is 9.01. The molecule has 4 aromatic rings. The highest BCUT2D eigenvalue weighted by molar-refractivity contribution is 6.08. The average molecular weight is 424 g/mol. The lowest BCUT2D eigenvalue weighted by Gasteiger charge is -2.07. The van der Waals surface area contributed by atoms with E-state index in [1.165, 1.54) is 30.3 Å². The van der Waals surface area contributed by atoms with Crippen LogP contribution >= 0.6 is 0 Å². The minimum atomic E-state index is -0.699. The lowest BCUT2D eigenvalue weighted by molar-refractivity contribution is -0.384. The normalized spacial score (nSPS) is 10.8. The molecule has 0 aliphatic rings. The number of aromatic amines is 1. The smallest absolute Gasteiger partial charge is 0.270 e. The number of nitro groups is 1. The van der Waals surface area contributed by atoms with Crippen molar-refractivity contribution < 1.29 is 23.2 Å². The van der Waals surface area contributed by atoms with E-state index in [1.807, 2.05) is 0 Å². The first-order valence-corrected chi connectivity index (χ1v) is 9.01. The van der Waals surface area contributed by atoms with Gasteiger partial charge in [-0.05, 0) is 42.0 Å². The van der Waals surface area contributed by atoms with Crippen molar-refractivity contribution >= 4 is 28.3 Å². The molecule has 0 saturated carbocycles. The van der Waals surface area contributed by atoms with Crippen LogP contribution in [0.2, 0.25) is 0 Å². The van der Waals surface area contributed by atoms with E-state index in [2.05, 4.69) is 15.5 Å². The Kier molecular flexibility index (Phi) is 5.27. The van der Waals surface area contributed by atoms with Gasteiger partial charge in [0.2, 0.25) is 0 Å². The summed E-state index contributed by atoms with van der Waals surface area (Å²) in [4.78, 5) is 22.8. The number of fused-ring (bicyclic) bond motifs is 1. The fraction of sp³-hybridized carbons (Fsp3) is 0.0476. The number of nitrogens with one attached hydrogen (secondary N) is 2. The number of H-pyrrole nitrogens is 1. The third-order valence-electron chi connectivity index (χ3n) is 4.41. The number of nitrogens with zero attached hydrogens (tertiary/aromatic N) is 2. The summed E-state index contributed by atoms with van der Waals surface area (Å²) in [7, 11) is 0. The van der Waals surface area contributed by atoms with Crippen molar-refractivity contribution in [2.24, 2.45) is 0 Å². The van der Waals surface area contributed by atoms with Crippen LogP contribution < -0.4 is 10.1 Å². The van der Waals surface area contributed by atoms with Crippen LogP contribution in [0.25, 0.3) is 10.9 Å². The third kappa shape index (κ3) is 4.47. The van der Waals surface area contributed by atoms with Crippen LogP contribution in [-0.4, -0.2) is 21.0 Å². The highest BCUT2D eigenvalue weighted by Gasteiger charge is 2.15. The van der Waals surface area contributed by atoms with Crippen molar-refractivity contribution in [1.82, 2.24) is 10.2 Å². The Bertz CT molecular complexity index is 1290. The van der Waals surface area contributed by atoms with Crippen LogP contribution in [0.3, 0.4) is 0 Å². The van der Waals surface area contributed by atoms with E-state index >= 15 is 0 Å². The van der Waals surface area contributed by atoms with Crippen molar-refractivity contribution in [3.05, 3.63) is 93.5 Å². The topological polar surface area (TPSA) is 110 Å². The third-order valence-corrected chi connectivity index (χ3v) is 4.41. The fourth-order valence-corrected chi connectivity index (χ4v) is 2.98. The number of amides is 1. The Labute approximate surface area is 173 Å². The summed E-state index contributed by atoms with van der Waals surface area (Å²) in [5.74, 6) is -1.37. The second-order valence-corrected chi connectivity index (χ2v) is 6.61. The maximum absolute atomic E-state index is 13.3. The summed E-state index contributed by atoms with van der Waals surface area (Å²) in [6.07, 6.45) is 0. The number of non-ortho nitro benzene ring substituents is 1. The van der Waals surface area contributed by atoms with Gasteiger partial charge in [0, 0.05) is 29.1 Å². The first kappa shape index (κ1) is 20.0. The maximum Gasteiger partial charge on any atom is 0.270 e. The molecule has 4 rings (SSSR count). The van der Waals surface area contributed by atoms with Crippen LogP contribution in [0.5, 0.6) is 5.75 Å². The summed E-state index contributed by atoms with van der Waals surface area (Å²) in [6, 6.07) is 13.4. The average Bonchev–Trinajstić information content (AvgIpc) is 3.13. The van der Waals surface area contributed by atoms with Gasteiger partial charge in [0.05, 0.1) is 10.4 Å². The predicted octanol–water partition coefficient (Wildman–Crippen LogP) is 4.58. The van der Waals surface area contributed by atoms with E-state index in [-0.39, 0.29) is 23.7 Å². The van der Waals surface area contributed by atoms with Crippen LogP contribution in [0.15, 0.2) is 60.7 Å². The number of halogens is 2. The van der Waals surface area contributed by atoms with E-state index in [1.54, 1.807) is 18.2 Å². The minimum absolute atomic E-state index is 0.0621. The SMILES string of the molecule is O=C(Nc1n[nH]c2ccc(OCc3cc(F)cc(F)c3)cc12)c1cccc([N+](=O)[O-])c1. The summed E-state index contributed by atoms with van der Waals surface area (Å²) in [5, 5.41) is 20.9. The van der Waals surface area contributed by atoms with Gasteiger partial charge in [-0.15, -0.1) is 0 Å². The van der Waals surface area contributed by atoms with E-state index < -0.39 is 22.5 Å².